The first-order chi connectivity index (χ1) is 10.5. The highest BCUT2D eigenvalue weighted by Crippen LogP contribution is 2.32. The van der Waals surface area contributed by atoms with Crippen LogP contribution in [0.4, 0.5) is 0 Å². The molecule has 22 heavy (non-hydrogen) atoms. The molecule has 0 aromatic heterocycles. The van der Waals surface area contributed by atoms with Crippen LogP contribution in [-0.2, 0) is 9.53 Å². The van der Waals surface area contributed by atoms with Gasteiger partial charge in [0.05, 0.1) is 12.2 Å². The number of aliphatic hydroxyl groups excluding tert-OH is 1. The molecule has 7 atom stereocenters. The smallest absolute Gasteiger partial charge is 0.250 e. The number of carbonyl (C=O) groups is 1. The summed E-state index contributed by atoms with van der Waals surface area (Å²) in [6.45, 7) is 6.30. The van der Waals surface area contributed by atoms with Crippen LogP contribution in [-0.4, -0.2) is 47.6 Å². The summed E-state index contributed by atoms with van der Waals surface area (Å²) in [6.07, 6.45) is 3.17. The van der Waals surface area contributed by atoms with Gasteiger partial charge in [-0.2, -0.15) is 0 Å². The molecule has 4 N–H and O–H groups in total. The molecule has 0 aliphatic carbocycles. The summed E-state index contributed by atoms with van der Waals surface area (Å²) in [5, 5.41) is 19.9. The van der Waals surface area contributed by atoms with Gasteiger partial charge in [-0.1, -0.05) is 19.9 Å². The Hall–Kier alpha value is -1.11. The number of fused-ring (bicyclic) bond motifs is 2. The van der Waals surface area contributed by atoms with E-state index < -0.39 is 6.10 Å². The first-order valence-electron chi connectivity index (χ1n) is 8.38. The van der Waals surface area contributed by atoms with Crippen LogP contribution in [0.15, 0.2) is 11.8 Å². The van der Waals surface area contributed by atoms with E-state index in [0.29, 0.717) is 12.5 Å². The third-order valence-corrected chi connectivity index (χ3v) is 5.12. The van der Waals surface area contributed by atoms with E-state index in [4.69, 9.17) is 4.74 Å². The van der Waals surface area contributed by atoms with Gasteiger partial charge in [0, 0.05) is 30.1 Å². The van der Waals surface area contributed by atoms with Gasteiger partial charge in [0.2, 0.25) is 5.91 Å². The van der Waals surface area contributed by atoms with Crippen molar-refractivity contribution in [1.82, 2.24) is 16.0 Å². The summed E-state index contributed by atoms with van der Waals surface area (Å²) < 4.78 is 6.37. The van der Waals surface area contributed by atoms with E-state index >= 15 is 0 Å². The molecule has 0 spiro atoms. The molecule has 3 aliphatic rings. The molecule has 0 saturated carbocycles. The number of allylic oxidation sites excluding steroid dienone is 1. The number of nitrogens with one attached hydrogen (secondary N) is 3. The highest BCUT2D eigenvalue weighted by molar-refractivity contribution is 5.81. The van der Waals surface area contributed by atoms with Crippen molar-refractivity contribution >= 4 is 5.91 Å². The molecule has 0 aromatic rings. The van der Waals surface area contributed by atoms with Gasteiger partial charge in [0.1, 0.15) is 12.3 Å². The maximum atomic E-state index is 12.0. The van der Waals surface area contributed by atoms with Crippen LogP contribution in [0.2, 0.25) is 0 Å². The second-order valence-electron chi connectivity index (χ2n) is 6.64. The van der Waals surface area contributed by atoms with Crippen molar-refractivity contribution in [2.45, 2.75) is 76.6 Å². The van der Waals surface area contributed by atoms with Crippen LogP contribution in [0, 0.1) is 5.92 Å². The Balaban J connectivity index is 1.86. The Morgan fingerprint density at radius 3 is 2.77 bits per heavy atom. The minimum atomic E-state index is -0.958. The summed E-state index contributed by atoms with van der Waals surface area (Å²) in [5.41, 5.74) is 1.16. The lowest BCUT2D eigenvalue weighted by Gasteiger charge is -2.44. The SMILES string of the molecule is CC[C@H]1O[C@@H]([C@H]2C=C(C)N[C@@H]2CC)C2NC(=O)[C@@H](O)CC1N2. The highest BCUT2D eigenvalue weighted by Gasteiger charge is 2.47. The van der Waals surface area contributed by atoms with Gasteiger partial charge in [0.25, 0.3) is 0 Å². The van der Waals surface area contributed by atoms with Crippen LogP contribution in [0.25, 0.3) is 0 Å². The van der Waals surface area contributed by atoms with E-state index in [0.717, 1.165) is 18.5 Å². The lowest BCUT2D eigenvalue weighted by atomic mass is 9.89. The molecule has 3 heterocycles. The fraction of sp³-hybridized carbons (Fsp3) is 0.812. The molecule has 2 unspecified atom stereocenters. The minimum Gasteiger partial charge on any atom is -0.385 e. The monoisotopic (exact) mass is 309 g/mol. The molecule has 6 heteroatoms. The molecule has 3 aliphatic heterocycles. The maximum Gasteiger partial charge on any atom is 0.250 e. The van der Waals surface area contributed by atoms with Gasteiger partial charge in [0.15, 0.2) is 0 Å². The fourth-order valence-electron chi connectivity index (χ4n) is 3.98. The van der Waals surface area contributed by atoms with Gasteiger partial charge in [-0.25, -0.2) is 0 Å². The minimum absolute atomic E-state index is 0.0136. The van der Waals surface area contributed by atoms with Crippen molar-refractivity contribution in [1.29, 1.82) is 0 Å². The topological polar surface area (TPSA) is 82.6 Å². The molecule has 2 bridgehead atoms. The van der Waals surface area contributed by atoms with Crippen LogP contribution < -0.4 is 16.0 Å². The quantitative estimate of drug-likeness (QED) is 0.600. The van der Waals surface area contributed by atoms with Crippen molar-refractivity contribution in [3.63, 3.8) is 0 Å². The zero-order valence-electron chi connectivity index (χ0n) is 13.5. The van der Waals surface area contributed by atoms with Gasteiger partial charge in [-0.15, -0.1) is 0 Å². The average Bonchev–Trinajstić information content (AvgIpc) is 2.82. The molecule has 1 amide bonds. The third kappa shape index (κ3) is 2.75. The van der Waals surface area contributed by atoms with Crippen LogP contribution >= 0.6 is 0 Å². The van der Waals surface area contributed by atoms with E-state index in [1.165, 1.54) is 0 Å². The van der Waals surface area contributed by atoms with E-state index in [1.54, 1.807) is 0 Å². The highest BCUT2D eigenvalue weighted by atomic mass is 16.5. The predicted octanol–water partition coefficient (Wildman–Crippen LogP) is 0.231. The summed E-state index contributed by atoms with van der Waals surface area (Å²) in [4.78, 5) is 12.0. The number of hydrogen-bond donors (Lipinski definition) is 4. The normalized spacial score (nSPS) is 44.8. The summed E-state index contributed by atoms with van der Waals surface area (Å²) in [5.74, 6) is -0.0851. The first kappa shape index (κ1) is 15.8. The number of hydrogen-bond acceptors (Lipinski definition) is 5. The Morgan fingerprint density at radius 2 is 2.09 bits per heavy atom. The summed E-state index contributed by atoms with van der Waals surface area (Å²) in [7, 11) is 0. The molecule has 0 aromatic carbocycles. The van der Waals surface area contributed by atoms with Crippen LogP contribution in [0.3, 0.4) is 0 Å². The molecule has 2 saturated heterocycles. The van der Waals surface area contributed by atoms with Crippen LogP contribution in [0.5, 0.6) is 0 Å². The zero-order chi connectivity index (χ0) is 15.9. The molecular formula is C16H27N3O3. The summed E-state index contributed by atoms with van der Waals surface area (Å²) in [6, 6.07) is 0.339. The van der Waals surface area contributed by atoms with E-state index in [1.807, 2.05) is 0 Å². The molecular weight excluding hydrogens is 282 g/mol. The van der Waals surface area contributed by atoms with Crippen molar-refractivity contribution in [2.24, 2.45) is 5.92 Å². The Kier molecular flexibility index (Phi) is 4.43. The van der Waals surface area contributed by atoms with E-state index in [2.05, 4.69) is 42.8 Å². The lowest BCUT2D eigenvalue weighted by molar-refractivity contribution is -0.132. The van der Waals surface area contributed by atoms with Gasteiger partial charge < -0.3 is 20.5 Å². The average molecular weight is 309 g/mol. The fourth-order valence-corrected chi connectivity index (χ4v) is 3.98. The van der Waals surface area contributed by atoms with E-state index in [-0.39, 0.29) is 36.2 Å². The Morgan fingerprint density at radius 1 is 1.32 bits per heavy atom. The third-order valence-electron chi connectivity index (χ3n) is 5.12. The van der Waals surface area contributed by atoms with Crippen molar-refractivity contribution in [3.8, 4) is 0 Å². The van der Waals surface area contributed by atoms with Crippen molar-refractivity contribution < 1.29 is 14.6 Å². The molecule has 124 valence electrons. The first-order valence-corrected chi connectivity index (χ1v) is 8.38. The molecule has 6 nitrogen and oxygen atoms in total. The number of morpholine rings is 1. The second kappa shape index (κ2) is 6.18. The van der Waals surface area contributed by atoms with E-state index in [9.17, 15) is 9.90 Å². The number of ether oxygens (including phenoxy) is 1. The second-order valence-corrected chi connectivity index (χ2v) is 6.64. The lowest BCUT2D eigenvalue weighted by Crippen LogP contribution is -2.65. The largest absolute Gasteiger partial charge is 0.385 e. The number of amides is 1. The molecule has 0 radical (unpaired) electrons. The number of aliphatic hydroxyl groups is 1. The maximum absolute atomic E-state index is 12.0. The zero-order valence-corrected chi connectivity index (χ0v) is 13.5. The number of carbonyl (C=O) groups excluding carboxylic acids is 1. The molecule has 3 rings (SSSR count). The number of rotatable bonds is 3. The van der Waals surface area contributed by atoms with Crippen LogP contribution in [0.1, 0.15) is 40.0 Å². The predicted molar refractivity (Wildman–Crippen MR) is 82.9 cm³/mol. The standard InChI is InChI=1S/C16H27N3O3/c1-4-10-9(6-8(3)17-10)14-15-18-11(13(5-2)22-14)7-12(20)16(21)19-15/h6,9-15,17-18,20H,4-5,7H2,1-3H3,(H,19,21)/t9-,10+,11?,12-,13+,14-,15?/m0/s1. The van der Waals surface area contributed by atoms with Gasteiger partial charge >= 0.3 is 0 Å². The van der Waals surface area contributed by atoms with Gasteiger partial charge in [-0.3, -0.25) is 10.1 Å². The Labute approximate surface area is 131 Å². The molecule has 2 fully saturated rings. The van der Waals surface area contributed by atoms with Crippen molar-refractivity contribution in [2.75, 3.05) is 0 Å². The summed E-state index contributed by atoms with van der Waals surface area (Å²) >= 11 is 0. The van der Waals surface area contributed by atoms with Crippen molar-refractivity contribution in [3.05, 3.63) is 11.8 Å². The van der Waals surface area contributed by atoms with Gasteiger partial charge in [-0.05, 0) is 19.8 Å². The Bertz CT molecular complexity index is 468.